The lowest BCUT2D eigenvalue weighted by atomic mass is 9.93. The van der Waals surface area contributed by atoms with Crippen LogP contribution in [0.15, 0.2) is 30.3 Å². The van der Waals surface area contributed by atoms with Gasteiger partial charge in [0.2, 0.25) is 11.8 Å². The molecule has 22 heavy (non-hydrogen) atoms. The highest BCUT2D eigenvalue weighted by Gasteiger charge is 2.37. The van der Waals surface area contributed by atoms with Gasteiger partial charge in [-0.2, -0.15) is 0 Å². The lowest BCUT2D eigenvalue weighted by Gasteiger charge is -2.36. The van der Waals surface area contributed by atoms with Crippen LogP contribution in [0.4, 0.5) is 0 Å². The van der Waals surface area contributed by atoms with E-state index >= 15 is 0 Å². The topological polar surface area (TPSA) is 64.7 Å². The first kappa shape index (κ1) is 15.0. The molecule has 0 bridgehead atoms. The molecule has 2 saturated heterocycles. The zero-order valence-corrected chi connectivity index (χ0v) is 12.8. The molecule has 0 saturated carbocycles. The number of amides is 2. The Balaban J connectivity index is 1.66. The number of carbonyl (C=O) groups excluding carboxylic acids is 2. The third-order valence-corrected chi connectivity index (χ3v) is 4.49. The Bertz CT molecular complexity index is 540. The number of piperazine rings is 1. The van der Waals surface area contributed by atoms with Gasteiger partial charge in [0.1, 0.15) is 0 Å². The molecule has 2 N–H and O–H groups in total. The maximum Gasteiger partial charge on any atom is 0.229 e. The van der Waals surface area contributed by atoms with Gasteiger partial charge in [-0.05, 0) is 5.56 Å². The van der Waals surface area contributed by atoms with Crippen LogP contribution in [0.2, 0.25) is 0 Å². The molecule has 2 heterocycles. The summed E-state index contributed by atoms with van der Waals surface area (Å²) in [6.45, 7) is 4.71. The minimum atomic E-state index is -0.105. The van der Waals surface area contributed by atoms with Crippen molar-refractivity contribution >= 4 is 11.8 Å². The summed E-state index contributed by atoms with van der Waals surface area (Å²) in [5.74, 6) is 0.138. The van der Waals surface area contributed by atoms with Crippen molar-refractivity contribution < 1.29 is 9.59 Å². The molecule has 2 aliphatic rings. The van der Waals surface area contributed by atoms with Gasteiger partial charge >= 0.3 is 0 Å². The van der Waals surface area contributed by atoms with E-state index in [-0.39, 0.29) is 23.8 Å². The van der Waals surface area contributed by atoms with Crippen molar-refractivity contribution in [3.63, 3.8) is 0 Å². The molecule has 2 aliphatic heterocycles. The van der Waals surface area contributed by atoms with E-state index in [1.165, 1.54) is 0 Å². The van der Waals surface area contributed by atoms with Crippen LogP contribution in [0.5, 0.6) is 0 Å². The van der Waals surface area contributed by atoms with Crippen molar-refractivity contribution in [3.8, 4) is 0 Å². The number of nitrogens with one attached hydrogen (secondary N) is 2. The van der Waals surface area contributed by atoms with Gasteiger partial charge in [-0.15, -0.1) is 0 Å². The molecule has 6 heteroatoms. The van der Waals surface area contributed by atoms with Gasteiger partial charge in [0.15, 0.2) is 0 Å². The highest BCUT2D eigenvalue weighted by Crippen LogP contribution is 2.26. The lowest BCUT2D eigenvalue weighted by molar-refractivity contribution is -0.141. The minimum absolute atomic E-state index is 0.000429. The predicted molar refractivity (Wildman–Crippen MR) is 82.6 cm³/mol. The summed E-state index contributed by atoms with van der Waals surface area (Å²) < 4.78 is 0. The van der Waals surface area contributed by atoms with E-state index < -0.39 is 0 Å². The monoisotopic (exact) mass is 302 g/mol. The molecule has 0 spiro atoms. The van der Waals surface area contributed by atoms with E-state index in [2.05, 4.69) is 10.9 Å². The average molecular weight is 302 g/mol. The number of carbonyl (C=O) groups is 2. The minimum Gasteiger partial charge on any atom is -0.339 e. The molecule has 118 valence electrons. The van der Waals surface area contributed by atoms with Crippen molar-refractivity contribution in [2.24, 2.45) is 5.92 Å². The largest absolute Gasteiger partial charge is 0.339 e. The molecule has 2 amide bonds. The molecule has 3 rings (SSSR count). The van der Waals surface area contributed by atoms with Crippen LogP contribution in [0.3, 0.4) is 0 Å². The van der Waals surface area contributed by atoms with Crippen LogP contribution < -0.4 is 10.9 Å². The summed E-state index contributed by atoms with van der Waals surface area (Å²) in [6, 6.07) is 10.0. The second-order valence-electron chi connectivity index (χ2n) is 5.85. The number of hydrazine groups is 1. The zero-order valence-electron chi connectivity index (χ0n) is 12.8. The van der Waals surface area contributed by atoms with E-state index in [0.717, 1.165) is 5.56 Å². The fraction of sp³-hybridized carbons (Fsp3) is 0.500. The van der Waals surface area contributed by atoms with E-state index in [9.17, 15) is 9.59 Å². The van der Waals surface area contributed by atoms with E-state index in [4.69, 9.17) is 0 Å². The number of nitrogens with zero attached hydrogens (tertiary/aromatic N) is 2. The van der Waals surface area contributed by atoms with Gasteiger partial charge in [0.05, 0.1) is 12.0 Å². The summed E-state index contributed by atoms with van der Waals surface area (Å²) in [7, 11) is 0. The molecule has 2 fully saturated rings. The van der Waals surface area contributed by atoms with Crippen molar-refractivity contribution in [2.45, 2.75) is 13.0 Å². The lowest BCUT2D eigenvalue weighted by Crippen LogP contribution is -2.52. The molecule has 1 aromatic rings. The fourth-order valence-corrected chi connectivity index (χ4v) is 3.18. The van der Waals surface area contributed by atoms with E-state index in [1.807, 2.05) is 35.2 Å². The maximum atomic E-state index is 12.8. The van der Waals surface area contributed by atoms with Crippen LogP contribution in [0.25, 0.3) is 0 Å². The summed E-state index contributed by atoms with van der Waals surface area (Å²) in [5.41, 5.74) is 7.43. The highest BCUT2D eigenvalue weighted by atomic mass is 16.2. The Hall–Kier alpha value is -1.92. The predicted octanol–water partition coefficient (Wildman–Crippen LogP) is 0.142. The summed E-state index contributed by atoms with van der Waals surface area (Å²) in [6.07, 6.45) is 0. The molecular formula is C16H22N4O2. The van der Waals surface area contributed by atoms with Crippen LogP contribution in [-0.2, 0) is 9.59 Å². The Labute approximate surface area is 130 Å². The molecule has 0 radical (unpaired) electrons. The number of rotatable bonds is 2. The van der Waals surface area contributed by atoms with Crippen LogP contribution >= 0.6 is 0 Å². The second-order valence-corrected chi connectivity index (χ2v) is 5.85. The maximum absolute atomic E-state index is 12.8. The van der Waals surface area contributed by atoms with Gasteiger partial charge in [0, 0.05) is 39.6 Å². The average Bonchev–Trinajstić information content (AvgIpc) is 3.04. The molecule has 2 atom stereocenters. The molecule has 6 nitrogen and oxygen atoms in total. The Morgan fingerprint density at radius 1 is 1.05 bits per heavy atom. The first-order chi connectivity index (χ1) is 10.7. The molecule has 0 aliphatic carbocycles. The molecule has 1 aromatic carbocycles. The highest BCUT2D eigenvalue weighted by molar-refractivity contribution is 5.81. The second kappa shape index (κ2) is 6.46. The first-order valence-electron chi connectivity index (χ1n) is 7.74. The Morgan fingerprint density at radius 3 is 2.32 bits per heavy atom. The smallest absolute Gasteiger partial charge is 0.229 e. The van der Waals surface area contributed by atoms with E-state index in [1.54, 1.807) is 11.8 Å². The van der Waals surface area contributed by atoms with Crippen LogP contribution in [0.1, 0.15) is 18.5 Å². The quantitative estimate of drug-likeness (QED) is 0.816. The van der Waals surface area contributed by atoms with Crippen molar-refractivity contribution in [3.05, 3.63) is 35.9 Å². The van der Waals surface area contributed by atoms with Gasteiger partial charge in [-0.25, -0.2) is 5.43 Å². The normalized spacial score (nSPS) is 25.3. The Morgan fingerprint density at radius 2 is 1.68 bits per heavy atom. The van der Waals surface area contributed by atoms with Gasteiger partial charge in [-0.1, -0.05) is 30.3 Å². The van der Waals surface area contributed by atoms with Crippen molar-refractivity contribution in [2.75, 3.05) is 32.7 Å². The third kappa shape index (κ3) is 2.98. The van der Waals surface area contributed by atoms with Crippen LogP contribution in [-0.4, -0.2) is 54.3 Å². The van der Waals surface area contributed by atoms with Crippen molar-refractivity contribution in [1.29, 1.82) is 0 Å². The molecular weight excluding hydrogens is 280 g/mol. The summed E-state index contributed by atoms with van der Waals surface area (Å²) in [5, 5.41) is 0. The number of hydrogen-bond acceptors (Lipinski definition) is 4. The molecule has 0 aromatic heterocycles. The Kier molecular flexibility index (Phi) is 4.40. The fourth-order valence-electron chi connectivity index (χ4n) is 3.18. The number of hydrogen-bond donors (Lipinski definition) is 2. The van der Waals surface area contributed by atoms with Gasteiger partial charge in [-0.3, -0.25) is 15.0 Å². The SMILES string of the molecule is CC(=O)N1CCN(C(=O)C2CNNC2c2ccccc2)CC1. The summed E-state index contributed by atoms with van der Waals surface area (Å²) in [4.78, 5) is 27.9. The third-order valence-electron chi connectivity index (χ3n) is 4.49. The summed E-state index contributed by atoms with van der Waals surface area (Å²) >= 11 is 0. The number of benzene rings is 1. The van der Waals surface area contributed by atoms with Gasteiger partial charge in [0.25, 0.3) is 0 Å². The standard InChI is InChI=1S/C16H22N4O2/c1-12(21)19-7-9-20(10-8-19)16(22)14-11-17-18-15(14)13-5-3-2-4-6-13/h2-6,14-15,17-18H,7-11H2,1H3. The van der Waals surface area contributed by atoms with Crippen LogP contribution in [0, 0.1) is 5.92 Å². The molecule has 2 unspecified atom stereocenters. The van der Waals surface area contributed by atoms with Crippen molar-refractivity contribution in [1.82, 2.24) is 20.7 Å². The zero-order chi connectivity index (χ0) is 15.5. The van der Waals surface area contributed by atoms with E-state index in [0.29, 0.717) is 32.7 Å². The van der Waals surface area contributed by atoms with Gasteiger partial charge < -0.3 is 9.80 Å². The first-order valence-corrected chi connectivity index (χ1v) is 7.74.